The van der Waals surface area contributed by atoms with E-state index in [2.05, 4.69) is 18.3 Å². The quantitative estimate of drug-likeness (QED) is 0.578. The molecule has 0 aromatic heterocycles. The molecule has 0 bridgehead atoms. The number of hydrogen-bond acceptors (Lipinski definition) is 4. The van der Waals surface area contributed by atoms with Crippen LogP contribution < -0.4 is 19.9 Å². The van der Waals surface area contributed by atoms with Crippen molar-refractivity contribution in [1.29, 1.82) is 0 Å². The number of hydroxylamine groups is 1. The molecule has 140 valence electrons. The lowest BCUT2D eigenvalue weighted by Gasteiger charge is -2.21. The Kier molecular flexibility index (Phi) is 6.86. The van der Waals surface area contributed by atoms with Gasteiger partial charge in [0.25, 0.3) is 0 Å². The molecule has 0 saturated carbocycles. The Bertz CT molecular complexity index is 761. The maximum atomic E-state index is 11.9. The van der Waals surface area contributed by atoms with E-state index in [0.29, 0.717) is 23.0 Å². The van der Waals surface area contributed by atoms with Gasteiger partial charge in [-0.25, -0.2) is 4.79 Å². The molecule has 2 aromatic rings. The molecule has 0 aliphatic heterocycles. The summed E-state index contributed by atoms with van der Waals surface area (Å²) in [5, 5.41) is 13.2. The summed E-state index contributed by atoms with van der Waals surface area (Å²) in [6.07, 6.45) is 0.966. The summed E-state index contributed by atoms with van der Waals surface area (Å²) in [6.45, 7) is 6.55. The van der Waals surface area contributed by atoms with Gasteiger partial charge in [0, 0.05) is 12.6 Å². The molecule has 0 spiro atoms. The number of aryl methyl sites for hydroxylation is 2. The SMILES string of the molecule is CCOc1cccc(COc2ccc(CC)cc2C)c1N(O)C(=O)NC. The Balaban J connectivity index is 2.30. The van der Waals surface area contributed by atoms with Gasteiger partial charge in [0.05, 0.1) is 6.61 Å². The molecule has 6 nitrogen and oxygen atoms in total. The number of nitrogens with zero attached hydrogens (tertiary/aromatic N) is 1. The Morgan fingerprint density at radius 1 is 1.15 bits per heavy atom. The lowest BCUT2D eigenvalue weighted by Crippen LogP contribution is -2.36. The molecule has 0 unspecified atom stereocenters. The number of hydrogen-bond donors (Lipinski definition) is 2. The van der Waals surface area contributed by atoms with Gasteiger partial charge in [-0.1, -0.05) is 31.2 Å². The molecule has 26 heavy (non-hydrogen) atoms. The van der Waals surface area contributed by atoms with Crippen molar-refractivity contribution >= 4 is 11.7 Å². The molecule has 0 atom stereocenters. The molecule has 2 aromatic carbocycles. The topological polar surface area (TPSA) is 71.0 Å². The second-order valence-electron chi connectivity index (χ2n) is 5.81. The van der Waals surface area contributed by atoms with Crippen LogP contribution in [0.1, 0.15) is 30.5 Å². The van der Waals surface area contributed by atoms with E-state index >= 15 is 0 Å². The van der Waals surface area contributed by atoms with Crippen molar-refractivity contribution in [2.75, 3.05) is 18.7 Å². The van der Waals surface area contributed by atoms with Gasteiger partial charge in [0.2, 0.25) is 0 Å². The average Bonchev–Trinajstić information content (AvgIpc) is 2.66. The molecular weight excluding hydrogens is 332 g/mol. The van der Waals surface area contributed by atoms with Gasteiger partial charge >= 0.3 is 6.03 Å². The van der Waals surface area contributed by atoms with E-state index in [9.17, 15) is 10.0 Å². The van der Waals surface area contributed by atoms with Crippen LogP contribution in [0.15, 0.2) is 36.4 Å². The molecule has 2 N–H and O–H groups in total. The highest BCUT2D eigenvalue weighted by Gasteiger charge is 2.21. The van der Waals surface area contributed by atoms with Crippen LogP contribution in [0.25, 0.3) is 0 Å². The van der Waals surface area contributed by atoms with Crippen LogP contribution in [-0.4, -0.2) is 24.9 Å². The molecular formula is C20H26N2O4. The molecule has 2 rings (SSSR count). The number of ether oxygens (including phenoxy) is 2. The highest BCUT2D eigenvalue weighted by atomic mass is 16.5. The van der Waals surface area contributed by atoms with Crippen LogP contribution in [0.3, 0.4) is 0 Å². The smallest absolute Gasteiger partial charge is 0.345 e. The fourth-order valence-electron chi connectivity index (χ4n) is 2.65. The first-order chi connectivity index (χ1) is 12.5. The molecule has 6 heteroatoms. The van der Waals surface area contributed by atoms with E-state index in [1.54, 1.807) is 18.2 Å². The lowest BCUT2D eigenvalue weighted by atomic mass is 10.1. The van der Waals surface area contributed by atoms with Crippen LogP contribution in [0, 0.1) is 6.92 Å². The van der Waals surface area contributed by atoms with E-state index in [4.69, 9.17) is 9.47 Å². The fraction of sp³-hybridized carbons (Fsp3) is 0.350. The predicted octanol–water partition coefficient (Wildman–Crippen LogP) is 4.07. The summed E-state index contributed by atoms with van der Waals surface area (Å²) in [5.41, 5.74) is 3.20. The highest BCUT2D eigenvalue weighted by molar-refractivity contribution is 5.92. The van der Waals surface area contributed by atoms with E-state index in [1.165, 1.54) is 12.6 Å². The number of amides is 2. The van der Waals surface area contributed by atoms with Gasteiger partial charge in [-0.05, 0) is 43.5 Å². The first-order valence-corrected chi connectivity index (χ1v) is 8.69. The zero-order chi connectivity index (χ0) is 19.1. The number of urea groups is 1. The maximum absolute atomic E-state index is 11.9. The first-order valence-electron chi connectivity index (χ1n) is 8.69. The third-order valence-corrected chi connectivity index (χ3v) is 4.03. The van der Waals surface area contributed by atoms with Crippen molar-refractivity contribution in [2.45, 2.75) is 33.8 Å². The lowest BCUT2D eigenvalue weighted by molar-refractivity contribution is 0.203. The number of anilines is 1. The Morgan fingerprint density at radius 2 is 1.92 bits per heavy atom. The van der Waals surface area contributed by atoms with E-state index in [1.807, 2.05) is 26.0 Å². The van der Waals surface area contributed by atoms with Gasteiger partial charge in [-0.15, -0.1) is 0 Å². The summed E-state index contributed by atoms with van der Waals surface area (Å²) < 4.78 is 11.5. The molecule has 0 fully saturated rings. The van der Waals surface area contributed by atoms with Gasteiger partial charge in [0.1, 0.15) is 23.8 Å². The van der Waals surface area contributed by atoms with Crippen molar-refractivity contribution < 1.29 is 19.5 Å². The number of rotatable bonds is 7. The van der Waals surface area contributed by atoms with Crippen LogP contribution in [0.5, 0.6) is 11.5 Å². The largest absolute Gasteiger partial charge is 0.492 e. The van der Waals surface area contributed by atoms with E-state index in [-0.39, 0.29) is 12.3 Å². The predicted molar refractivity (Wildman–Crippen MR) is 101 cm³/mol. The van der Waals surface area contributed by atoms with Crippen molar-refractivity contribution in [1.82, 2.24) is 5.32 Å². The standard InChI is InChI=1S/C20H26N2O4/c1-5-15-10-11-17(14(3)12-15)26-13-16-8-7-9-18(25-6-2)19(16)22(24)20(23)21-4/h7-12,24H,5-6,13H2,1-4H3,(H,21,23). The number of benzene rings is 2. The zero-order valence-corrected chi connectivity index (χ0v) is 15.7. The second kappa shape index (κ2) is 9.10. The van der Waals surface area contributed by atoms with Crippen molar-refractivity contribution in [3.05, 3.63) is 53.1 Å². The number of para-hydroxylation sites is 1. The Morgan fingerprint density at radius 3 is 2.54 bits per heavy atom. The van der Waals surface area contributed by atoms with Crippen molar-refractivity contribution in [2.24, 2.45) is 0 Å². The zero-order valence-electron chi connectivity index (χ0n) is 15.7. The van der Waals surface area contributed by atoms with Crippen LogP contribution >= 0.6 is 0 Å². The fourth-order valence-corrected chi connectivity index (χ4v) is 2.65. The van der Waals surface area contributed by atoms with Crippen LogP contribution in [0.2, 0.25) is 0 Å². The van der Waals surface area contributed by atoms with Crippen LogP contribution in [-0.2, 0) is 13.0 Å². The highest BCUT2D eigenvalue weighted by Crippen LogP contribution is 2.33. The summed E-state index contributed by atoms with van der Waals surface area (Å²) in [5.74, 6) is 1.18. The minimum atomic E-state index is -0.651. The Labute approximate surface area is 154 Å². The van der Waals surface area contributed by atoms with Gasteiger partial charge in [0.15, 0.2) is 0 Å². The third kappa shape index (κ3) is 4.46. The molecule has 0 aliphatic carbocycles. The van der Waals surface area contributed by atoms with Gasteiger partial charge in [-0.2, -0.15) is 5.06 Å². The summed E-state index contributed by atoms with van der Waals surface area (Å²) >= 11 is 0. The minimum Gasteiger partial charge on any atom is -0.492 e. The molecule has 2 amide bonds. The van der Waals surface area contributed by atoms with Gasteiger partial charge < -0.3 is 14.8 Å². The summed E-state index contributed by atoms with van der Waals surface area (Å²) in [4.78, 5) is 11.9. The molecule has 0 radical (unpaired) electrons. The average molecular weight is 358 g/mol. The van der Waals surface area contributed by atoms with E-state index < -0.39 is 6.03 Å². The van der Waals surface area contributed by atoms with Crippen molar-refractivity contribution in [3.63, 3.8) is 0 Å². The maximum Gasteiger partial charge on any atom is 0.345 e. The monoisotopic (exact) mass is 358 g/mol. The molecule has 0 saturated heterocycles. The minimum absolute atomic E-state index is 0.191. The van der Waals surface area contributed by atoms with Crippen molar-refractivity contribution in [3.8, 4) is 11.5 Å². The Hall–Kier alpha value is -2.73. The third-order valence-electron chi connectivity index (χ3n) is 4.03. The summed E-state index contributed by atoms with van der Waals surface area (Å²) in [6, 6.07) is 10.7. The van der Waals surface area contributed by atoms with Crippen LogP contribution in [0.4, 0.5) is 10.5 Å². The summed E-state index contributed by atoms with van der Waals surface area (Å²) in [7, 11) is 1.45. The number of nitrogens with one attached hydrogen (secondary N) is 1. The van der Waals surface area contributed by atoms with E-state index in [0.717, 1.165) is 17.7 Å². The first kappa shape index (κ1) is 19.6. The second-order valence-corrected chi connectivity index (χ2v) is 5.81. The molecule has 0 aliphatic rings. The number of carbonyl (C=O) groups is 1. The normalized spacial score (nSPS) is 10.3. The van der Waals surface area contributed by atoms with Gasteiger partial charge in [-0.3, -0.25) is 5.21 Å². The molecule has 0 heterocycles. The number of carbonyl (C=O) groups excluding carboxylic acids is 1.